The first-order valence-electron chi connectivity index (χ1n) is 35.2. The van der Waals surface area contributed by atoms with Crippen molar-refractivity contribution in [2.24, 2.45) is 0 Å². The van der Waals surface area contributed by atoms with E-state index in [9.17, 15) is 112 Å². The molecule has 40 heteroatoms. The lowest BCUT2D eigenvalue weighted by molar-refractivity contribution is -0.396. The summed E-state index contributed by atoms with van der Waals surface area (Å²) in [7, 11) is 0. The molecular formula is C68H88N4O36. The Kier molecular flexibility index (Phi) is 23.9. The number of hydrogen-bond acceptors (Lipinski definition) is 37. The van der Waals surface area contributed by atoms with Gasteiger partial charge in [0.2, 0.25) is 5.91 Å². The molecule has 19 rings (SSSR count). The molecule has 7 saturated heterocycles. The summed E-state index contributed by atoms with van der Waals surface area (Å²) in [5.41, 5.74) is 1.63. The second kappa shape index (κ2) is 32.7. The molecule has 35 atom stereocenters. The Labute approximate surface area is 610 Å². The number of carbonyl (C=O) groups excluding carboxylic acids is 2. The number of hydrogen-bond donors (Lipinski definition) is 24. The summed E-state index contributed by atoms with van der Waals surface area (Å²) in [6.07, 6.45) is -74.3. The molecule has 5 aromatic rings. The molecule has 14 aliphatic heterocycles. The average Bonchev–Trinajstić information content (AvgIpc) is 0.728. The van der Waals surface area contributed by atoms with Crippen molar-refractivity contribution in [1.82, 2.24) is 5.32 Å². The molecule has 108 heavy (non-hydrogen) atoms. The standard InChI is InChI=1S/C68H88N4O36/c73-16-32-56-44(84)51(91)65(99-32)108-60-36(20-77)101-67(53(93)46(60)86)107-59-35(19-76)98-64(50(90)43(59)83)103-55-31-15-70-68(94)72-29-13-28(26-7-3-22-11-24(69-14-21-1-5-25(78)6-2-21)12-23-4-8-27(29)39(26)38(22)23)71-37(79)10-9-30-54(40(80)47(87)61(95-30)104-56)102-63-49(89)42(82)58(34(18-75)97-63)106-66-52(92)45(85)57(33(17-74)100-66)105-62(96-31)48(88)41(55)81/h1-8,11-13,30-36,40-67,69,73-78,80-93H,9-10,14-20H2,(H,71,79)(H2,70,72,94). The third-order valence-electron chi connectivity index (χ3n) is 21.2. The third-order valence-corrected chi connectivity index (χ3v) is 21.2. The number of aliphatic hydroxyl groups excluding tert-OH is 19. The van der Waals surface area contributed by atoms with Crippen molar-refractivity contribution < 1.29 is 178 Å². The van der Waals surface area contributed by atoms with Crippen LogP contribution in [-0.4, -0.2) is 369 Å². The van der Waals surface area contributed by atoms with Gasteiger partial charge in [0.1, 0.15) is 171 Å². The molecule has 3 amide bonds. The highest BCUT2D eigenvalue weighted by Crippen LogP contribution is 2.45. The van der Waals surface area contributed by atoms with Gasteiger partial charge in [0.15, 0.2) is 44.0 Å². The second-order valence-corrected chi connectivity index (χ2v) is 28.1. The Bertz CT molecular complexity index is 3870. The van der Waals surface area contributed by atoms with Crippen molar-refractivity contribution in [3.05, 3.63) is 72.3 Å². The number of benzene rings is 5. The maximum absolute atomic E-state index is 14.9. The molecule has 14 heterocycles. The number of urea groups is 1. The zero-order chi connectivity index (χ0) is 76.6. The monoisotopic (exact) mass is 1540 g/mol. The number of aliphatic hydroxyl groups is 19. The molecule has 0 spiro atoms. The van der Waals surface area contributed by atoms with Crippen LogP contribution in [0.2, 0.25) is 0 Å². The predicted molar refractivity (Wildman–Crippen MR) is 355 cm³/mol. The minimum atomic E-state index is -2.32. The zero-order valence-corrected chi connectivity index (χ0v) is 56.9. The number of anilines is 3. The molecule has 40 nitrogen and oxygen atoms in total. The van der Waals surface area contributed by atoms with Crippen LogP contribution in [0.25, 0.3) is 32.3 Å². The van der Waals surface area contributed by atoms with E-state index in [-0.39, 0.29) is 17.1 Å². The van der Waals surface area contributed by atoms with Crippen LogP contribution in [0.1, 0.15) is 18.4 Å². The van der Waals surface area contributed by atoms with Gasteiger partial charge in [0, 0.05) is 41.4 Å². The molecule has 16 bridgehead atoms. The van der Waals surface area contributed by atoms with E-state index in [1.54, 1.807) is 48.5 Å². The molecule has 35 unspecified atom stereocenters. The lowest BCUT2D eigenvalue weighted by atomic mass is 9.91. The normalized spacial score (nSPS) is 43.9. The highest BCUT2D eigenvalue weighted by Gasteiger charge is 2.60. The average molecular weight is 1540 g/mol. The predicted octanol–water partition coefficient (Wildman–Crippen LogP) is -8.45. The van der Waals surface area contributed by atoms with Crippen molar-refractivity contribution in [2.75, 3.05) is 55.5 Å². The van der Waals surface area contributed by atoms with Gasteiger partial charge >= 0.3 is 6.03 Å². The minimum absolute atomic E-state index is 0.0292. The first kappa shape index (κ1) is 78.8. The fourth-order valence-corrected chi connectivity index (χ4v) is 15.4. The molecule has 0 saturated carbocycles. The van der Waals surface area contributed by atoms with Gasteiger partial charge in [-0.15, -0.1) is 0 Å². The minimum Gasteiger partial charge on any atom is -0.508 e. The topological polar surface area (TPSA) is 616 Å². The smallest absolute Gasteiger partial charge is 0.319 e. The van der Waals surface area contributed by atoms with E-state index in [2.05, 4.69) is 21.3 Å². The Morgan fingerprint density at radius 3 is 1.07 bits per heavy atom. The summed E-state index contributed by atoms with van der Waals surface area (Å²) in [5.74, 6) is -0.726. The third kappa shape index (κ3) is 15.1. The van der Waals surface area contributed by atoms with Crippen LogP contribution in [0.3, 0.4) is 0 Å². The summed E-state index contributed by atoms with van der Waals surface area (Å²) in [5, 5.41) is 245. The van der Waals surface area contributed by atoms with Crippen LogP contribution >= 0.6 is 0 Å². The number of ether oxygens (including phenoxy) is 14. The summed E-state index contributed by atoms with van der Waals surface area (Å²) in [6.45, 7) is -5.92. The highest BCUT2D eigenvalue weighted by molar-refractivity contribution is 6.29. The number of fused-ring (bicyclic) bond motifs is 5. The van der Waals surface area contributed by atoms with Crippen molar-refractivity contribution in [3.8, 4) is 5.75 Å². The Balaban J connectivity index is 0.878. The van der Waals surface area contributed by atoms with E-state index in [1.165, 1.54) is 6.07 Å². The summed E-state index contributed by atoms with van der Waals surface area (Å²) in [4.78, 5) is 29.6. The SMILES string of the molecule is O=C1CCC2OC3OC4C(CO)OC(OC5C(CO)OC(OC6C(CO)OC(OC7C(CNC(=O)Nc8cc(c9ccc%10cc(NCc%11ccc(O)cc%11)cc%11ccc8c9c%10%11)N1)OC(OC1C(CO)OC(OC8C(CO)OC(OC2C(O)C3O)C(O)C8O)C(O)C1O)C(O)C7O)C(O)C6O)C(O)C5O)C(O)C4O. The number of nitrogens with one attached hydrogen (secondary N) is 4. The Morgan fingerprint density at radius 1 is 0.361 bits per heavy atom. The number of phenolic OH excluding ortho intramolecular Hbond substituents is 1. The van der Waals surface area contributed by atoms with Crippen LogP contribution in [0.15, 0.2) is 66.7 Å². The van der Waals surface area contributed by atoms with Gasteiger partial charge in [-0.1, -0.05) is 36.4 Å². The van der Waals surface area contributed by atoms with Crippen molar-refractivity contribution in [1.29, 1.82) is 0 Å². The fraction of sp³-hybridized carbons (Fsp3) is 0.647. The largest absolute Gasteiger partial charge is 0.508 e. The molecule has 24 N–H and O–H groups in total. The fourth-order valence-electron chi connectivity index (χ4n) is 15.4. The first-order chi connectivity index (χ1) is 51.8. The van der Waals surface area contributed by atoms with Gasteiger partial charge in [-0.3, -0.25) is 4.79 Å². The lowest BCUT2D eigenvalue weighted by Crippen LogP contribution is -2.68. The van der Waals surface area contributed by atoms with Gasteiger partial charge < -0.3 is 190 Å². The molecule has 5 aromatic carbocycles. The van der Waals surface area contributed by atoms with Crippen molar-refractivity contribution in [3.63, 3.8) is 0 Å². The molecule has 0 aliphatic carbocycles. The van der Waals surface area contributed by atoms with Crippen LogP contribution in [0, 0.1) is 0 Å². The van der Waals surface area contributed by atoms with E-state index in [1.807, 2.05) is 12.1 Å². The van der Waals surface area contributed by atoms with E-state index in [4.69, 9.17) is 66.3 Å². The number of rotatable bonds is 8. The van der Waals surface area contributed by atoms with Gasteiger partial charge in [-0.05, 0) is 58.5 Å². The van der Waals surface area contributed by atoms with Gasteiger partial charge in [-0.25, -0.2) is 4.79 Å². The van der Waals surface area contributed by atoms with E-state index in [0.717, 1.165) is 5.56 Å². The number of phenols is 1. The van der Waals surface area contributed by atoms with Crippen LogP contribution in [0.4, 0.5) is 21.9 Å². The van der Waals surface area contributed by atoms with Gasteiger partial charge in [0.05, 0.1) is 50.5 Å². The number of carbonyl (C=O) groups is 2. The maximum atomic E-state index is 14.9. The van der Waals surface area contributed by atoms with Crippen LogP contribution in [0.5, 0.6) is 5.75 Å². The van der Waals surface area contributed by atoms with Crippen molar-refractivity contribution in [2.45, 2.75) is 234 Å². The summed E-state index contributed by atoms with van der Waals surface area (Å²) < 4.78 is 84.0. The first-order valence-corrected chi connectivity index (χ1v) is 35.2. The quantitative estimate of drug-likeness (QED) is 0.0642. The Morgan fingerprint density at radius 2 is 0.694 bits per heavy atom. The number of amides is 3. The van der Waals surface area contributed by atoms with Crippen LogP contribution in [-0.2, 0) is 77.7 Å². The zero-order valence-electron chi connectivity index (χ0n) is 56.9. The van der Waals surface area contributed by atoms with E-state index in [0.29, 0.717) is 44.5 Å². The molecule has 14 aliphatic rings. The number of aromatic hydroxyl groups is 1. The molecule has 0 aromatic heterocycles. The molecule has 0 radical (unpaired) electrons. The second-order valence-electron chi connectivity index (χ2n) is 28.1. The van der Waals surface area contributed by atoms with Gasteiger partial charge in [0.25, 0.3) is 0 Å². The molecule has 596 valence electrons. The summed E-state index contributed by atoms with van der Waals surface area (Å²) in [6, 6.07) is 17.7. The van der Waals surface area contributed by atoms with Crippen LogP contribution < -0.4 is 21.3 Å². The highest BCUT2D eigenvalue weighted by atomic mass is 16.8. The van der Waals surface area contributed by atoms with Gasteiger partial charge in [-0.2, -0.15) is 0 Å². The Hall–Kier alpha value is -5.84. The van der Waals surface area contributed by atoms with E-state index >= 15 is 0 Å². The van der Waals surface area contributed by atoms with E-state index < -0.39 is 279 Å². The molecular weight excluding hydrogens is 1450 g/mol. The lowest BCUT2D eigenvalue weighted by Gasteiger charge is -2.50. The maximum Gasteiger partial charge on any atom is 0.319 e. The molecule has 7 fully saturated rings. The summed E-state index contributed by atoms with van der Waals surface area (Å²) >= 11 is 0. The van der Waals surface area contributed by atoms with Crippen molar-refractivity contribution >= 4 is 61.3 Å².